The fourth-order valence-electron chi connectivity index (χ4n) is 2.11. The van der Waals surface area contributed by atoms with Gasteiger partial charge in [0.1, 0.15) is 5.75 Å². The Bertz CT molecular complexity index is 589. The zero-order valence-corrected chi connectivity index (χ0v) is 9.57. The summed E-state index contributed by atoms with van der Waals surface area (Å²) in [6.45, 7) is 1.97. The lowest BCUT2D eigenvalue weighted by Gasteiger charge is -2.09. The van der Waals surface area contributed by atoms with Gasteiger partial charge in [0.25, 0.3) is 0 Å². The third kappa shape index (κ3) is 1.62. The fraction of sp³-hybridized carbons (Fsp3) is 0.133. The van der Waals surface area contributed by atoms with Gasteiger partial charge < -0.3 is 4.74 Å². The average molecular weight is 224 g/mol. The van der Waals surface area contributed by atoms with Crippen molar-refractivity contribution in [3.63, 3.8) is 0 Å². The predicted octanol–water partition coefficient (Wildman–Crippen LogP) is 3.34. The van der Waals surface area contributed by atoms with Crippen molar-refractivity contribution in [1.29, 1.82) is 0 Å². The second-order valence-electron chi connectivity index (χ2n) is 4.30. The summed E-state index contributed by atoms with van der Waals surface area (Å²) >= 11 is 0. The monoisotopic (exact) mass is 224 g/mol. The first kappa shape index (κ1) is 10.1. The molecular weight excluding hydrogens is 212 g/mol. The van der Waals surface area contributed by atoms with Crippen LogP contribution in [0.1, 0.15) is 22.3 Å². The van der Waals surface area contributed by atoms with Crippen molar-refractivity contribution in [3.8, 4) is 5.75 Å². The SMILES string of the molecule is Cc1ccc2c(c1)C(=O)C1=CC=CCC1=CO2. The molecule has 1 aliphatic heterocycles. The molecule has 1 aliphatic carbocycles. The van der Waals surface area contributed by atoms with Gasteiger partial charge in [-0.1, -0.05) is 29.9 Å². The summed E-state index contributed by atoms with van der Waals surface area (Å²) < 4.78 is 5.59. The summed E-state index contributed by atoms with van der Waals surface area (Å²) in [4.78, 5) is 12.4. The van der Waals surface area contributed by atoms with Gasteiger partial charge in [-0.3, -0.25) is 4.79 Å². The molecule has 2 nitrogen and oxygen atoms in total. The average Bonchev–Trinajstić information content (AvgIpc) is 2.49. The fourth-order valence-corrected chi connectivity index (χ4v) is 2.11. The van der Waals surface area contributed by atoms with Crippen molar-refractivity contribution in [2.75, 3.05) is 0 Å². The number of rotatable bonds is 0. The molecule has 0 unspecified atom stereocenters. The number of carbonyl (C=O) groups is 1. The Morgan fingerprint density at radius 1 is 1.29 bits per heavy atom. The van der Waals surface area contributed by atoms with Crippen molar-refractivity contribution in [1.82, 2.24) is 0 Å². The molecule has 0 amide bonds. The summed E-state index contributed by atoms with van der Waals surface area (Å²) in [5.74, 6) is 0.695. The molecule has 2 heteroatoms. The molecule has 0 bridgehead atoms. The van der Waals surface area contributed by atoms with Crippen LogP contribution in [0.5, 0.6) is 5.75 Å². The van der Waals surface area contributed by atoms with E-state index in [-0.39, 0.29) is 5.78 Å². The van der Waals surface area contributed by atoms with Gasteiger partial charge in [0.15, 0.2) is 5.78 Å². The second-order valence-corrected chi connectivity index (χ2v) is 4.30. The van der Waals surface area contributed by atoms with E-state index in [2.05, 4.69) is 0 Å². The van der Waals surface area contributed by atoms with Gasteiger partial charge >= 0.3 is 0 Å². The van der Waals surface area contributed by atoms with Gasteiger partial charge in [-0.25, -0.2) is 0 Å². The van der Waals surface area contributed by atoms with Gasteiger partial charge in [-0.2, -0.15) is 0 Å². The van der Waals surface area contributed by atoms with Crippen LogP contribution < -0.4 is 4.74 Å². The van der Waals surface area contributed by atoms with Crippen LogP contribution in [0.15, 0.2) is 53.8 Å². The Hall–Kier alpha value is -2.09. The standard InChI is InChI=1S/C15H12O2/c1-10-6-7-14-13(8-10)15(16)12-5-3-2-4-11(12)9-17-14/h2-3,5-9H,4H2,1H3. The molecule has 0 fully saturated rings. The molecule has 1 heterocycles. The summed E-state index contributed by atoms with van der Waals surface area (Å²) in [6.07, 6.45) is 8.25. The van der Waals surface area contributed by atoms with Crippen LogP contribution >= 0.6 is 0 Å². The Kier molecular flexibility index (Phi) is 2.22. The largest absolute Gasteiger partial charge is 0.464 e. The number of ether oxygens (including phenoxy) is 1. The third-order valence-corrected chi connectivity index (χ3v) is 3.04. The van der Waals surface area contributed by atoms with Crippen LogP contribution in [-0.4, -0.2) is 5.78 Å². The van der Waals surface area contributed by atoms with E-state index in [4.69, 9.17) is 4.74 Å². The molecule has 84 valence electrons. The van der Waals surface area contributed by atoms with Gasteiger partial charge in [0.05, 0.1) is 11.8 Å². The maximum absolute atomic E-state index is 12.4. The molecule has 2 aliphatic rings. The quantitative estimate of drug-likeness (QED) is 0.675. The molecule has 0 spiro atoms. The summed E-state index contributed by atoms with van der Waals surface area (Å²) in [7, 11) is 0. The molecule has 1 aromatic rings. The highest BCUT2D eigenvalue weighted by molar-refractivity contribution is 6.14. The van der Waals surface area contributed by atoms with Gasteiger partial charge in [-0.15, -0.1) is 0 Å². The lowest BCUT2D eigenvalue weighted by molar-refractivity contribution is 0.103. The van der Waals surface area contributed by atoms with Gasteiger partial charge in [-0.05, 0) is 25.5 Å². The van der Waals surface area contributed by atoms with Crippen molar-refractivity contribution in [2.24, 2.45) is 0 Å². The number of carbonyl (C=O) groups excluding carboxylic acids is 1. The van der Waals surface area contributed by atoms with Crippen molar-refractivity contribution >= 4 is 5.78 Å². The van der Waals surface area contributed by atoms with Crippen LogP contribution in [0.25, 0.3) is 0 Å². The number of hydrogen-bond donors (Lipinski definition) is 0. The van der Waals surface area contributed by atoms with Crippen molar-refractivity contribution in [2.45, 2.75) is 13.3 Å². The van der Waals surface area contributed by atoms with Crippen molar-refractivity contribution in [3.05, 3.63) is 65.0 Å². The van der Waals surface area contributed by atoms with Crippen molar-refractivity contribution < 1.29 is 9.53 Å². The molecule has 0 N–H and O–H groups in total. The zero-order valence-electron chi connectivity index (χ0n) is 9.57. The minimum absolute atomic E-state index is 0.0526. The van der Waals surface area contributed by atoms with E-state index in [9.17, 15) is 4.79 Å². The molecule has 0 saturated heterocycles. The Morgan fingerprint density at radius 3 is 3.06 bits per heavy atom. The first-order valence-corrected chi connectivity index (χ1v) is 5.64. The number of aryl methyl sites for hydroxylation is 1. The molecule has 0 aromatic heterocycles. The number of allylic oxidation sites excluding steroid dienone is 5. The van der Waals surface area contributed by atoms with E-state index < -0.39 is 0 Å². The highest BCUT2D eigenvalue weighted by atomic mass is 16.5. The number of fused-ring (bicyclic) bond motifs is 2. The predicted molar refractivity (Wildman–Crippen MR) is 66.1 cm³/mol. The van der Waals surface area contributed by atoms with E-state index in [1.165, 1.54) is 0 Å². The maximum Gasteiger partial charge on any atom is 0.197 e. The third-order valence-electron chi connectivity index (χ3n) is 3.04. The zero-order chi connectivity index (χ0) is 11.8. The second kappa shape index (κ2) is 3.74. The highest BCUT2D eigenvalue weighted by Crippen LogP contribution is 2.32. The van der Waals surface area contributed by atoms with Crippen LogP contribution in [0.3, 0.4) is 0 Å². The minimum atomic E-state index is 0.0526. The maximum atomic E-state index is 12.4. The minimum Gasteiger partial charge on any atom is -0.464 e. The molecule has 0 saturated carbocycles. The first-order chi connectivity index (χ1) is 8.25. The smallest absolute Gasteiger partial charge is 0.197 e. The highest BCUT2D eigenvalue weighted by Gasteiger charge is 2.23. The van der Waals surface area contributed by atoms with E-state index in [1.54, 1.807) is 6.26 Å². The molecule has 17 heavy (non-hydrogen) atoms. The van der Waals surface area contributed by atoms with Gasteiger partial charge in [0.2, 0.25) is 0 Å². The number of ketones is 1. The van der Waals surface area contributed by atoms with Crippen LogP contribution in [0.4, 0.5) is 0 Å². The Morgan fingerprint density at radius 2 is 2.18 bits per heavy atom. The van der Waals surface area contributed by atoms with Crippen LogP contribution in [0.2, 0.25) is 0 Å². The van der Waals surface area contributed by atoms with E-state index >= 15 is 0 Å². The van der Waals surface area contributed by atoms with Gasteiger partial charge in [0, 0.05) is 11.1 Å². The van der Waals surface area contributed by atoms with E-state index in [1.807, 2.05) is 43.4 Å². The van der Waals surface area contributed by atoms with E-state index in [0.29, 0.717) is 11.3 Å². The summed E-state index contributed by atoms with van der Waals surface area (Å²) in [5.41, 5.74) is 3.41. The first-order valence-electron chi connectivity index (χ1n) is 5.64. The molecule has 1 aromatic carbocycles. The molecule has 0 radical (unpaired) electrons. The molecule has 0 atom stereocenters. The summed E-state index contributed by atoms with van der Waals surface area (Å²) in [5, 5.41) is 0. The lowest BCUT2D eigenvalue weighted by Crippen LogP contribution is -2.06. The van der Waals surface area contributed by atoms with Crippen LogP contribution in [0, 0.1) is 6.92 Å². The Balaban J connectivity index is 2.18. The topological polar surface area (TPSA) is 26.3 Å². The summed E-state index contributed by atoms with van der Waals surface area (Å²) in [6, 6.07) is 5.69. The molecular formula is C15H12O2. The number of benzene rings is 1. The number of hydrogen-bond acceptors (Lipinski definition) is 2. The normalized spacial score (nSPS) is 17.4. The van der Waals surface area contributed by atoms with Crippen LogP contribution in [-0.2, 0) is 0 Å². The lowest BCUT2D eigenvalue weighted by atomic mass is 9.92. The molecule has 3 rings (SSSR count). The Labute approximate surface area is 99.9 Å². The van der Waals surface area contributed by atoms with E-state index in [0.717, 1.165) is 23.1 Å². The number of Topliss-reactive ketones (excluding diaryl/α,β-unsaturated/α-hetero) is 1.